The monoisotopic (exact) mass is 523 g/mol. The molecule has 0 spiro atoms. The van der Waals surface area contributed by atoms with Crippen LogP contribution in [-0.4, -0.2) is 22.0 Å². The number of benzene rings is 2. The molecule has 0 atom stereocenters. The van der Waals surface area contributed by atoms with Crippen LogP contribution < -0.4 is 10.9 Å². The fourth-order valence-electron chi connectivity index (χ4n) is 3.96. The Morgan fingerprint density at radius 2 is 1.89 bits per heavy atom. The molecule has 0 bridgehead atoms. The average Bonchev–Trinajstić information content (AvgIpc) is 2.76. The van der Waals surface area contributed by atoms with Crippen LogP contribution in [0.1, 0.15) is 35.2 Å². The second kappa shape index (κ2) is 10.4. The van der Waals surface area contributed by atoms with Crippen molar-refractivity contribution in [3.05, 3.63) is 86.0 Å². The standard InChI is InChI=1S/C25H22ClF4N3O3/c1-13-8-20(34)33-23(32-13)21-19(25(28,29)30)7-4-15(22(21)27)11-31-24(35)16-9-18(10-16)36-12-14-2-5-17(26)6-3-14/h2-8,16,18H,9-12H2,1H3,(H,31,35)(H,32,33,34)/t16-,18-. The van der Waals surface area contributed by atoms with Gasteiger partial charge in [0, 0.05) is 34.8 Å². The minimum Gasteiger partial charge on any atom is -0.373 e. The van der Waals surface area contributed by atoms with Gasteiger partial charge in [0.1, 0.15) is 11.6 Å². The van der Waals surface area contributed by atoms with Gasteiger partial charge in [-0.2, -0.15) is 13.2 Å². The number of carbonyl (C=O) groups is 1. The van der Waals surface area contributed by atoms with Crippen molar-refractivity contribution in [2.24, 2.45) is 5.92 Å². The van der Waals surface area contributed by atoms with Crippen molar-refractivity contribution in [2.45, 2.75) is 45.2 Å². The van der Waals surface area contributed by atoms with Crippen LogP contribution in [0.3, 0.4) is 0 Å². The predicted octanol–water partition coefficient (Wildman–Crippen LogP) is 5.17. The Bertz CT molecular complexity index is 1320. The number of amides is 1. The largest absolute Gasteiger partial charge is 0.417 e. The zero-order valence-electron chi connectivity index (χ0n) is 19.1. The number of H-pyrrole nitrogens is 1. The van der Waals surface area contributed by atoms with Crippen molar-refractivity contribution < 1.29 is 27.1 Å². The molecule has 190 valence electrons. The molecule has 1 fully saturated rings. The van der Waals surface area contributed by atoms with Crippen molar-refractivity contribution in [1.29, 1.82) is 0 Å². The van der Waals surface area contributed by atoms with Gasteiger partial charge in [0.05, 0.1) is 23.8 Å². The van der Waals surface area contributed by atoms with E-state index in [1.165, 1.54) is 6.92 Å². The number of nitrogens with zero attached hydrogens (tertiary/aromatic N) is 1. The van der Waals surface area contributed by atoms with Crippen LogP contribution in [0.15, 0.2) is 47.3 Å². The van der Waals surface area contributed by atoms with Crippen LogP contribution in [0.5, 0.6) is 0 Å². The predicted molar refractivity (Wildman–Crippen MR) is 125 cm³/mol. The lowest BCUT2D eigenvalue weighted by atomic mass is 9.81. The molecule has 0 radical (unpaired) electrons. The summed E-state index contributed by atoms with van der Waals surface area (Å²) >= 11 is 5.85. The third kappa shape index (κ3) is 5.93. The zero-order chi connectivity index (χ0) is 26.0. The first-order valence-electron chi connectivity index (χ1n) is 11.1. The average molecular weight is 524 g/mol. The van der Waals surface area contributed by atoms with Crippen molar-refractivity contribution >= 4 is 17.5 Å². The van der Waals surface area contributed by atoms with E-state index in [1.807, 2.05) is 12.1 Å². The minimum absolute atomic E-state index is 0.102. The van der Waals surface area contributed by atoms with Gasteiger partial charge in [0.25, 0.3) is 5.56 Å². The fourth-order valence-corrected chi connectivity index (χ4v) is 4.08. The van der Waals surface area contributed by atoms with Crippen LogP contribution in [0.4, 0.5) is 17.6 Å². The summed E-state index contributed by atoms with van der Waals surface area (Å²) in [6, 6.07) is 9.98. The molecule has 2 aromatic carbocycles. The molecule has 1 aliphatic rings. The lowest BCUT2D eigenvalue weighted by molar-refractivity contribution is -0.137. The maximum Gasteiger partial charge on any atom is 0.417 e. The van der Waals surface area contributed by atoms with E-state index < -0.39 is 34.5 Å². The number of hydrogen-bond acceptors (Lipinski definition) is 4. The van der Waals surface area contributed by atoms with Gasteiger partial charge in [-0.1, -0.05) is 29.8 Å². The van der Waals surface area contributed by atoms with Crippen LogP contribution in [-0.2, 0) is 28.9 Å². The van der Waals surface area contributed by atoms with Crippen LogP contribution in [0.25, 0.3) is 11.4 Å². The smallest absolute Gasteiger partial charge is 0.373 e. The first-order chi connectivity index (χ1) is 17.0. The molecule has 0 aliphatic heterocycles. The number of rotatable bonds is 7. The molecule has 6 nitrogen and oxygen atoms in total. The highest BCUT2D eigenvalue weighted by molar-refractivity contribution is 6.30. The van der Waals surface area contributed by atoms with Gasteiger partial charge < -0.3 is 15.0 Å². The van der Waals surface area contributed by atoms with E-state index in [2.05, 4.69) is 15.3 Å². The van der Waals surface area contributed by atoms with E-state index in [9.17, 15) is 22.8 Å². The molecule has 2 N–H and O–H groups in total. The zero-order valence-corrected chi connectivity index (χ0v) is 19.8. The van der Waals surface area contributed by atoms with Gasteiger partial charge in [0.15, 0.2) is 0 Å². The molecular weight excluding hydrogens is 502 g/mol. The Morgan fingerprint density at radius 3 is 2.53 bits per heavy atom. The molecule has 11 heteroatoms. The number of aromatic amines is 1. The van der Waals surface area contributed by atoms with Crippen LogP contribution in [0.2, 0.25) is 5.02 Å². The summed E-state index contributed by atoms with van der Waals surface area (Å²) in [5.41, 5.74) is -1.92. The van der Waals surface area contributed by atoms with Crippen molar-refractivity contribution in [3.8, 4) is 11.4 Å². The van der Waals surface area contributed by atoms with E-state index >= 15 is 4.39 Å². The minimum atomic E-state index is -4.88. The molecule has 1 aliphatic carbocycles. The number of nitrogens with one attached hydrogen (secondary N) is 2. The Labute approximate surface area is 208 Å². The normalized spacial score (nSPS) is 17.5. The van der Waals surface area contributed by atoms with Crippen molar-refractivity contribution in [3.63, 3.8) is 0 Å². The maximum absolute atomic E-state index is 15.3. The van der Waals surface area contributed by atoms with Gasteiger partial charge in [-0.15, -0.1) is 0 Å². The molecule has 1 aromatic heterocycles. The van der Waals surface area contributed by atoms with Gasteiger partial charge in [-0.05, 0) is 43.5 Å². The van der Waals surface area contributed by atoms with Gasteiger partial charge in [0.2, 0.25) is 5.91 Å². The molecule has 36 heavy (non-hydrogen) atoms. The Kier molecular flexibility index (Phi) is 7.46. The molecular formula is C25H22ClF4N3O3. The van der Waals surface area contributed by atoms with E-state index in [0.29, 0.717) is 30.5 Å². The number of hydrogen-bond donors (Lipinski definition) is 2. The fraction of sp³-hybridized carbons (Fsp3) is 0.320. The topological polar surface area (TPSA) is 84.1 Å². The van der Waals surface area contributed by atoms with E-state index in [1.54, 1.807) is 12.1 Å². The first-order valence-corrected chi connectivity index (χ1v) is 11.5. The first kappa shape index (κ1) is 25.8. The Morgan fingerprint density at radius 1 is 1.19 bits per heavy atom. The lowest BCUT2D eigenvalue weighted by Crippen LogP contribution is -2.42. The molecule has 0 saturated heterocycles. The quantitative estimate of drug-likeness (QED) is 0.419. The summed E-state index contributed by atoms with van der Waals surface area (Å²) in [5.74, 6) is -2.43. The third-order valence-corrected chi connectivity index (χ3v) is 6.20. The number of alkyl halides is 3. The highest BCUT2D eigenvalue weighted by Crippen LogP contribution is 2.38. The second-order valence-electron chi connectivity index (χ2n) is 8.64. The van der Waals surface area contributed by atoms with E-state index in [0.717, 1.165) is 17.7 Å². The third-order valence-electron chi connectivity index (χ3n) is 5.95. The SMILES string of the molecule is Cc1cc(=O)[nH]c(-c2c(C(F)(F)F)ccc(CNC(=O)[C@H]3C[C@H](OCc4ccc(Cl)cc4)C3)c2F)n1. The van der Waals surface area contributed by atoms with Crippen LogP contribution >= 0.6 is 11.6 Å². The van der Waals surface area contributed by atoms with E-state index in [-0.39, 0.29) is 35.7 Å². The maximum atomic E-state index is 15.3. The Hall–Kier alpha value is -3.24. The Balaban J connectivity index is 1.40. The van der Waals surface area contributed by atoms with Crippen molar-refractivity contribution in [2.75, 3.05) is 0 Å². The molecule has 0 unspecified atom stereocenters. The molecule has 1 amide bonds. The number of aryl methyl sites for hydroxylation is 1. The number of aromatic nitrogens is 2. The molecule has 3 aromatic rings. The highest BCUT2D eigenvalue weighted by atomic mass is 35.5. The van der Waals surface area contributed by atoms with Gasteiger partial charge >= 0.3 is 6.18 Å². The van der Waals surface area contributed by atoms with Gasteiger partial charge in [-0.25, -0.2) is 9.37 Å². The molecule has 1 heterocycles. The highest BCUT2D eigenvalue weighted by Gasteiger charge is 2.37. The number of halogens is 5. The number of ether oxygens (including phenoxy) is 1. The molecule has 4 rings (SSSR count). The summed E-state index contributed by atoms with van der Waals surface area (Å²) in [5, 5.41) is 3.20. The van der Waals surface area contributed by atoms with Crippen LogP contribution in [0, 0.1) is 18.7 Å². The van der Waals surface area contributed by atoms with Crippen molar-refractivity contribution in [1.82, 2.24) is 15.3 Å². The number of carbonyl (C=O) groups excluding carboxylic acids is 1. The molecule has 1 saturated carbocycles. The summed E-state index contributed by atoms with van der Waals surface area (Å²) in [7, 11) is 0. The lowest BCUT2D eigenvalue weighted by Gasteiger charge is -2.34. The van der Waals surface area contributed by atoms with E-state index in [4.69, 9.17) is 16.3 Å². The summed E-state index contributed by atoms with van der Waals surface area (Å²) in [6.45, 7) is 1.47. The summed E-state index contributed by atoms with van der Waals surface area (Å²) in [6.07, 6.45) is -4.02. The van der Waals surface area contributed by atoms with Gasteiger partial charge in [-0.3, -0.25) is 9.59 Å². The second-order valence-corrected chi connectivity index (χ2v) is 9.08. The summed E-state index contributed by atoms with van der Waals surface area (Å²) in [4.78, 5) is 30.3. The summed E-state index contributed by atoms with van der Waals surface area (Å²) < 4.78 is 61.8.